The van der Waals surface area contributed by atoms with Crippen molar-refractivity contribution >= 4 is 0 Å². The normalized spacial score (nSPS) is 12.7. The Hall–Kier alpha value is -1.61. The summed E-state index contributed by atoms with van der Waals surface area (Å²) in [4.78, 5) is 0. The molecule has 3 heteroatoms. The summed E-state index contributed by atoms with van der Waals surface area (Å²) in [7, 11) is 1.94. The highest BCUT2D eigenvalue weighted by Gasteiger charge is 2.16. The van der Waals surface area contributed by atoms with Gasteiger partial charge >= 0.3 is 0 Å². The Kier molecular flexibility index (Phi) is 3.53. The summed E-state index contributed by atoms with van der Waals surface area (Å²) in [6.07, 6.45) is 2.94. The van der Waals surface area contributed by atoms with Gasteiger partial charge < -0.3 is 5.73 Å². The number of aromatic nitrogens is 2. The predicted octanol–water partition coefficient (Wildman–Crippen LogP) is 2.65. The van der Waals surface area contributed by atoms with Crippen LogP contribution < -0.4 is 5.73 Å². The van der Waals surface area contributed by atoms with Crippen LogP contribution in [0.5, 0.6) is 0 Å². The molecule has 96 valence electrons. The first kappa shape index (κ1) is 12.8. The van der Waals surface area contributed by atoms with Crippen LogP contribution in [0.3, 0.4) is 0 Å². The average molecular weight is 243 g/mol. The zero-order valence-electron chi connectivity index (χ0n) is 11.6. The third-order valence-corrected chi connectivity index (χ3v) is 3.50. The van der Waals surface area contributed by atoms with Crippen molar-refractivity contribution in [1.82, 2.24) is 9.78 Å². The maximum Gasteiger partial charge on any atom is 0.0672 e. The number of rotatable bonds is 3. The molecule has 0 saturated carbocycles. The van der Waals surface area contributed by atoms with E-state index >= 15 is 0 Å². The monoisotopic (exact) mass is 243 g/mol. The van der Waals surface area contributed by atoms with Gasteiger partial charge in [-0.3, -0.25) is 4.68 Å². The molecule has 1 aromatic heterocycles. The van der Waals surface area contributed by atoms with Crippen molar-refractivity contribution in [3.05, 3.63) is 52.3 Å². The summed E-state index contributed by atoms with van der Waals surface area (Å²) >= 11 is 0. The van der Waals surface area contributed by atoms with Crippen LogP contribution in [0.25, 0.3) is 0 Å². The van der Waals surface area contributed by atoms with Gasteiger partial charge in [0, 0.05) is 18.8 Å². The van der Waals surface area contributed by atoms with Crippen LogP contribution >= 0.6 is 0 Å². The molecule has 1 aromatic carbocycles. The number of benzene rings is 1. The van der Waals surface area contributed by atoms with Gasteiger partial charge in [-0.1, -0.05) is 25.1 Å². The Morgan fingerprint density at radius 3 is 2.61 bits per heavy atom. The van der Waals surface area contributed by atoms with Crippen molar-refractivity contribution in [3.8, 4) is 0 Å². The van der Waals surface area contributed by atoms with Crippen LogP contribution in [0.1, 0.15) is 40.9 Å². The molecule has 1 atom stereocenters. The standard InChI is InChI=1S/C15H21N3/c1-5-14-13(9-18(4)17-14)15(16)12-7-6-10(2)11(3)8-12/h6-9,15H,5,16H2,1-4H3. The lowest BCUT2D eigenvalue weighted by Gasteiger charge is -2.13. The molecule has 2 aromatic rings. The third kappa shape index (κ3) is 2.31. The van der Waals surface area contributed by atoms with Crippen molar-refractivity contribution < 1.29 is 0 Å². The van der Waals surface area contributed by atoms with Crippen LogP contribution in [-0.2, 0) is 13.5 Å². The molecule has 0 radical (unpaired) electrons. The molecule has 2 rings (SSSR count). The fourth-order valence-electron chi connectivity index (χ4n) is 2.23. The quantitative estimate of drug-likeness (QED) is 0.900. The molecule has 1 heterocycles. The smallest absolute Gasteiger partial charge is 0.0672 e. The minimum absolute atomic E-state index is 0.0899. The van der Waals surface area contributed by atoms with Gasteiger partial charge in [-0.25, -0.2) is 0 Å². The number of aryl methyl sites for hydroxylation is 4. The average Bonchev–Trinajstić information content (AvgIpc) is 2.73. The van der Waals surface area contributed by atoms with E-state index in [0.717, 1.165) is 23.2 Å². The molecule has 0 fully saturated rings. The summed E-state index contributed by atoms with van der Waals surface area (Å²) in [6, 6.07) is 6.33. The molecule has 0 saturated heterocycles. The van der Waals surface area contributed by atoms with E-state index in [1.165, 1.54) is 11.1 Å². The van der Waals surface area contributed by atoms with Crippen LogP contribution in [0.2, 0.25) is 0 Å². The maximum absolute atomic E-state index is 6.37. The van der Waals surface area contributed by atoms with E-state index in [1.54, 1.807) is 0 Å². The molecule has 0 aliphatic rings. The van der Waals surface area contributed by atoms with Gasteiger partial charge in [-0.2, -0.15) is 5.10 Å². The van der Waals surface area contributed by atoms with Gasteiger partial charge in [0.25, 0.3) is 0 Å². The lowest BCUT2D eigenvalue weighted by Crippen LogP contribution is -2.13. The van der Waals surface area contributed by atoms with E-state index in [0.29, 0.717) is 0 Å². The molecule has 0 bridgehead atoms. The first-order valence-electron chi connectivity index (χ1n) is 6.38. The van der Waals surface area contributed by atoms with E-state index in [1.807, 2.05) is 17.9 Å². The van der Waals surface area contributed by atoms with Crippen molar-refractivity contribution in [1.29, 1.82) is 0 Å². The fraction of sp³-hybridized carbons (Fsp3) is 0.400. The third-order valence-electron chi connectivity index (χ3n) is 3.50. The zero-order valence-corrected chi connectivity index (χ0v) is 11.6. The highest BCUT2D eigenvalue weighted by molar-refractivity contribution is 5.37. The summed E-state index contributed by atoms with van der Waals surface area (Å²) in [5.41, 5.74) is 12.3. The van der Waals surface area contributed by atoms with Crippen molar-refractivity contribution in [2.45, 2.75) is 33.2 Å². The Morgan fingerprint density at radius 1 is 1.28 bits per heavy atom. The summed E-state index contributed by atoms with van der Waals surface area (Å²) < 4.78 is 1.84. The second-order valence-corrected chi connectivity index (χ2v) is 4.88. The topological polar surface area (TPSA) is 43.8 Å². The van der Waals surface area contributed by atoms with Crippen molar-refractivity contribution in [2.75, 3.05) is 0 Å². The van der Waals surface area contributed by atoms with Gasteiger partial charge in [0.05, 0.1) is 11.7 Å². The molecule has 1 unspecified atom stereocenters. The first-order valence-corrected chi connectivity index (χ1v) is 6.38. The van der Waals surface area contributed by atoms with Crippen LogP contribution in [0.15, 0.2) is 24.4 Å². The lowest BCUT2D eigenvalue weighted by molar-refractivity contribution is 0.746. The predicted molar refractivity (Wildman–Crippen MR) is 74.5 cm³/mol. The Labute approximate surface area is 109 Å². The van der Waals surface area contributed by atoms with E-state index in [9.17, 15) is 0 Å². The maximum atomic E-state index is 6.37. The van der Waals surface area contributed by atoms with Gasteiger partial charge in [0.1, 0.15) is 0 Å². The number of nitrogens with zero attached hydrogens (tertiary/aromatic N) is 2. The van der Waals surface area contributed by atoms with Crippen molar-refractivity contribution in [2.24, 2.45) is 12.8 Å². The lowest BCUT2D eigenvalue weighted by atomic mass is 9.96. The van der Waals surface area contributed by atoms with Gasteiger partial charge in [-0.05, 0) is 37.0 Å². The molecule has 0 aliphatic heterocycles. The Balaban J connectivity index is 2.40. The van der Waals surface area contributed by atoms with E-state index in [-0.39, 0.29) is 6.04 Å². The number of nitrogens with two attached hydrogens (primary N) is 1. The van der Waals surface area contributed by atoms with E-state index in [4.69, 9.17) is 5.73 Å². The SMILES string of the molecule is CCc1nn(C)cc1C(N)c1ccc(C)c(C)c1. The Bertz CT molecular complexity index is 555. The van der Waals surface area contributed by atoms with Crippen LogP contribution in [0, 0.1) is 13.8 Å². The van der Waals surface area contributed by atoms with Crippen LogP contribution in [0.4, 0.5) is 0 Å². The molecule has 0 amide bonds. The van der Waals surface area contributed by atoms with E-state index < -0.39 is 0 Å². The largest absolute Gasteiger partial charge is 0.320 e. The summed E-state index contributed by atoms with van der Waals surface area (Å²) in [6.45, 7) is 6.35. The van der Waals surface area contributed by atoms with Crippen LogP contribution in [-0.4, -0.2) is 9.78 Å². The highest BCUT2D eigenvalue weighted by Crippen LogP contribution is 2.24. The Morgan fingerprint density at radius 2 is 2.00 bits per heavy atom. The molecular formula is C15H21N3. The van der Waals surface area contributed by atoms with Gasteiger partial charge in [0.2, 0.25) is 0 Å². The summed E-state index contributed by atoms with van der Waals surface area (Å²) in [5.74, 6) is 0. The molecule has 2 N–H and O–H groups in total. The molecule has 18 heavy (non-hydrogen) atoms. The molecule has 0 spiro atoms. The second-order valence-electron chi connectivity index (χ2n) is 4.88. The second kappa shape index (κ2) is 4.94. The number of hydrogen-bond donors (Lipinski definition) is 1. The summed E-state index contributed by atoms with van der Waals surface area (Å²) in [5, 5.41) is 4.45. The molecule has 0 aliphatic carbocycles. The molecular weight excluding hydrogens is 222 g/mol. The first-order chi connectivity index (χ1) is 8.52. The zero-order chi connectivity index (χ0) is 13.3. The molecule has 3 nitrogen and oxygen atoms in total. The number of hydrogen-bond acceptors (Lipinski definition) is 2. The van der Waals surface area contributed by atoms with Crippen molar-refractivity contribution in [3.63, 3.8) is 0 Å². The van der Waals surface area contributed by atoms with Gasteiger partial charge in [-0.15, -0.1) is 0 Å². The fourth-order valence-corrected chi connectivity index (χ4v) is 2.23. The minimum atomic E-state index is -0.0899. The van der Waals surface area contributed by atoms with Gasteiger partial charge in [0.15, 0.2) is 0 Å². The van der Waals surface area contributed by atoms with E-state index in [2.05, 4.69) is 44.1 Å². The highest BCUT2D eigenvalue weighted by atomic mass is 15.3. The minimum Gasteiger partial charge on any atom is -0.320 e.